The van der Waals surface area contributed by atoms with E-state index in [4.69, 9.17) is 11.5 Å². The van der Waals surface area contributed by atoms with Gasteiger partial charge in [-0.3, -0.25) is 43.2 Å². The van der Waals surface area contributed by atoms with Crippen molar-refractivity contribution in [3.63, 3.8) is 0 Å². The molecule has 2 rings (SSSR count). The highest BCUT2D eigenvalue weighted by atomic mass is 16.4. The molecule has 0 saturated carbocycles. The summed E-state index contributed by atoms with van der Waals surface area (Å²) in [5.74, 6) is -9.16. The molecule has 1 heterocycles. The van der Waals surface area contributed by atoms with Gasteiger partial charge in [-0.15, -0.1) is 0 Å². The molecular weight excluding hydrogens is 971 g/mol. The number of nitrogens with one attached hydrogen (secondary N) is 9. The minimum atomic E-state index is -1.66. The fourth-order valence-electron chi connectivity index (χ4n) is 8.19. The van der Waals surface area contributed by atoms with E-state index in [1.165, 1.54) is 6.92 Å². The van der Waals surface area contributed by atoms with Crippen molar-refractivity contribution in [2.45, 2.75) is 182 Å². The number of hydrogen-bond acceptors (Lipinski definition) is 12. The van der Waals surface area contributed by atoms with Crippen molar-refractivity contribution in [3.8, 4) is 0 Å². The van der Waals surface area contributed by atoms with Crippen LogP contribution in [0.3, 0.4) is 0 Å². The third-order valence-corrected chi connectivity index (χ3v) is 12.0. The Labute approximate surface area is 440 Å². The number of aliphatic hydroxyl groups is 1. The van der Waals surface area contributed by atoms with Crippen molar-refractivity contribution in [1.29, 1.82) is 0 Å². The topological polar surface area (TPSA) is 375 Å². The number of aromatic amines is 1. The molecule has 23 nitrogen and oxygen atoms in total. The summed E-state index contributed by atoms with van der Waals surface area (Å²) >= 11 is 0. The molecule has 0 unspecified atom stereocenters. The number of hydrogen-bond donors (Lipinski definition) is 13. The fraction of sp³-hybridized carbons (Fsp3) is 0.654. The lowest BCUT2D eigenvalue weighted by molar-refractivity contribution is -0.143. The summed E-state index contributed by atoms with van der Waals surface area (Å²) in [5.41, 5.74) is 12.7. The smallest absolute Gasteiger partial charge is 0.328 e. The molecule has 0 spiro atoms. The Hall–Kier alpha value is -6.62. The summed E-state index contributed by atoms with van der Waals surface area (Å²) in [6.45, 7) is 18.7. The molecule has 0 aliphatic carbocycles. The van der Waals surface area contributed by atoms with Gasteiger partial charge in [0.1, 0.15) is 48.3 Å². The third kappa shape index (κ3) is 22.8. The van der Waals surface area contributed by atoms with Crippen LogP contribution < -0.4 is 54.0 Å². The van der Waals surface area contributed by atoms with Gasteiger partial charge in [-0.2, -0.15) is 0 Å². The molecule has 0 fully saturated rings. The van der Waals surface area contributed by atoms with Gasteiger partial charge in [0.25, 0.3) is 0 Å². The lowest BCUT2D eigenvalue weighted by Crippen LogP contribution is -2.61. The lowest BCUT2D eigenvalue weighted by Gasteiger charge is -2.29. The maximum atomic E-state index is 14.5. The summed E-state index contributed by atoms with van der Waals surface area (Å²) in [5, 5.41) is 40.8. The number of carboxylic acid groups (broad SMARTS) is 1. The summed E-state index contributed by atoms with van der Waals surface area (Å²) < 4.78 is 0. The number of benzene rings is 1. The zero-order chi connectivity index (χ0) is 56.9. The predicted molar refractivity (Wildman–Crippen MR) is 282 cm³/mol. The van der Waals surface area contributed by atoms with Gasteiger partial charge in [0.15, 0.2) is 0 Å². The number of aliphatic hydroxyl groups excluding tert-OH is 1. The van der Waals surface area contributed by atoms with Crippen molar-refractivity contribution >= 4 is 70.0 Å². The molecule has 9 amide bonds. The number of primary amides is 1. The zero-order valence-corrected chi connectivity index (χ0v) is 45.5. The Morgan fingerprint density at radius 3 is 1.15 bits per heavy atom. The quantitative estimate of drug-likeness (QED) is 0.0464. The van der Waals surface area contributed by atoms with E-state index in [1.54, 1.807) is 33.9 Å². The second-order valence-electron chi connectivity index (χ2n) is 21.5. The van der Waals surface area contributed by atoms with Crippen LogP contribution in [-0.2, 0) is 54.4 Å². The van der Waals surface area contributed by atoms with E-state index in [0.29, 0.717) is 5.56 Å². The maximum absolute atomic E-state index is 14.5. The number of fused-ring (bicyclic) bond motifs is 1. The van der Waals surface area contributed by atoms with Crippen molar-refractivity contribution < 1.29 is 58.2 Å². The highest BCUT2D eigenvalue weighted by Crippen LogP contribution is 2.20. The Balaban J connectivity index is 2.49. The first-order valence-corrected chi connectivity index (χ1v) is 25.9. The molecule has 0 aliphatic rings. The maximum Gasteiger partial charge on any atom is 0.328 e. The van der Waals surface area contributed by atoms with Crippen LogP contribution in [0.1, 0.15) is 127 Å². The molecule has 2 aromatic rings. The minimum absolute atomic E-state index is 0.0122. The molecule has 420 valence electrons. The van der Waals surface area contributed by atoms with Gasteiger partial charge in [0, 0.05) is 29.9 Å². The number of carboxylic acids is 1. The summed E-state index contributed by atoms with van der Waals surface area (Å²) in [4.78, 5) is 138. The second kappa shape index (κ2) is 31.3. The summed E-state index contributed by atoms with van der Waals surface area (Å²) in [6, 6.07) is -4.05. The van der Waals surface area contributed by atoms with E-state index in [0.717, 1.165) is 10.9 Å². The van der Waals surface area contributed by atoms with Gasteiger partial charge in [-0.25, -0.2) is 4.79 Å². The fourth-order valence-corrected chi connectivity index (χ4v) is 8.19. The number of aliphatic carboxylic acids is 1. The number of carbonyl (C=O) groups is 10. The Kier molecular flexibility index (Phi) is 26.9. The Morgan fingerprint density at radius 1 is 0.480 bits per heavy atom. The molecule has 15 N–H and O–H groups in total. The van der Waals surface area contributed by atoms with Crippen molar-refractivity contribution in [1.82, 2.24) is 47.5 Å². The molecule has 1 aromatic heterocycles. The molecule has 75 heavy (non-hydrogen) atoms. The van der Waals surface area contributed by atoms with Crippen LogP contribution in [0, 0.1) is 29.6 Å². The zero-order valence-electron chi connectivity index (χ0n) is 45.5. The lowest BCUT2D eigenvalue weighted by atomic mass is 9.97. The molecular formula is C52H85N11O12. The van der Waals surface area contributed by atoms with Crippen LogP contribution in [0.4, 0.5) is 0 Å². The number of H-pyrrole nitrogens is 1. The van der Waals surface area contributed by atoms with E-state index >= 15 is 0 Å². The molecule has 0 bridgehead atoms. The van der Waals surface area contributed by atoms with E-state index < -0.39 is 120 Å². The first-order valence-electron chi connectivity index (χ1n) is 25.9. The second-order valence-corrected chi connectivity index (χ2v) is 21.5. The number of nitrogens with two attached hydrogens (primary N) is 2. The van der Waals surface area contributed by atoms with Gasteiger partial charge in [-0.1, -0.05) is 87.4 Å². The Bertz CT molecular complexity index is 2260. The first-order chi connectivity index (χ1) is 35.0. The van der Waals surface area contributed by atoms with Gasteiger partial charge in [0.2, 0.25) is 53.2 Å². The van der Waals surface area contributed by atoms with Crippen LogP contribution in [0.2, 0.25) is 0 Å². The molecule has 0 radical (unpaired) electrons. The third-order valence-electron chi connectivity index (χ3n) is 12.0. The van der Waals surface area contributed by atoms with E-state index in [-0.39, 0.29) is 81.0 Å². The van der Waals surface area contributed by atoms with Gasteiger partial charge in [-0.05, 0) is 86.7 Å². The monoisotopic (exact) mass is 1060 g/mol. The first kappa shape index (κ1) is 64.5. The molecule has 23 heteroatoms. The largest absolute Gasteiger partial charge is 0.480 e. The summed E-state index contributed by atoms with van der Waals surface area (Å²) in [6.07, 6.45) is 1.52. The molecule has 9 atom stereocenters. The average molecular weight is 1060 g/mol. The highest BCUT2D eigenvalue weighted by Gasteiger charge is 2.36. The van der Waals surface area contributed by atoms with E-state index in [2.05, 4.69) is 47.5 Å². The number of rotatable bonds is 33. The van der Waals surface area contributed by atoms with Gasteiger partial charge < -0.3 is 69.2 Å². The normalized spacial score (nSPS) is 15.2. The van der Waals surface area contributed by atoms with Gasteiger partial charge in [0.05, 0.1) is 12.6 Å². The standard InChI is InChI=1S/C52H85N11O12/c1-26(2)18-36(57-44(66)31(11)53)47(69)62-41(23-32-24-55-34-15-13-12-14-33(32)34)51(73)61-39(21-29(7)8)49(71)60-38(20-28(5)6)48(70)59-37(19-27(3)4)46(68)56-35(16-17-43(54)65)45(67)58-40(22-30(9)10)50(72)63-42(25-64)52(74)75/h12-15,24,26-31,35-42,55,64H,16-23,25,53H2,1-11H3,(H2,54,65)(H,56,68)(H,57,66)(H,58,67)(H,59,70)(H,60,71)(H,61,73)(H,62,69)(H,63,72)(H,74,75)/t31-,35-,36-,37-,38-,39-,40-,41-,42-/m0/s1. The molecule has 0 saturated heterocycles. The SMILES string of the molecule is CC(C)C[C@H](NC(=O)[C@H](C)N)C(=O)N[C@@H](Cc1c[nH]c2ccccc12)C(=O)N[C@@H](CC(C)C)C(=O)N[C@@H](CC(C)C)C(=O)N[C@@H](CC(C)C)C(=O)N[C@@H](CCC(N)=O)C(=O)N[C@@H](CC(C)C)C(=O)N[C@@H](CO)C(=O)O. The minimum Gasteiger partial charge on any atom is -0.480 e. The van der Waals surface area contributed by atoms with Crippen molar-refractivity contribution in [2.24, 2.45) is 41.1 Å². The van der Waals surface area contributed by atoms with Crippen LogP contribution in [0.15, 0.2) is 30.5 Å². The Morgan fingerprint density at radius 2 is 0.800 bits per heavy atom. The van der Waals surface area contributed by atoms with E-state index in [1.807, 2.05) is 65.8 Å². The van der Waals surface area contributed by atoms with Crippen LogP contribution >= 0.6 is 0 Å². The van der Waals surface area contributed by atoms with Crippen LogP contribution in [0.25, 0.3) is 10.9 Å². The van der Waals surface area contributed by atoms with Crippen molar-refractivity contribution in [2.75, 3.05) is 6.61 Å². The summed E-state index contributed by atoms with van der Waals surface area (Å²) in [7, 11) is 0. The number of para-hydroxylation sites is 1. The predicted octanol–water partition coefficient (Wildman–Crippen LogP) is 0.509. The van der Waals surface area contributed by atoms with Crippen LogP contribution in [0.5, 0.6) is 0 Å². The van der Waals surface area contributed by atoms with Crippen molar-refractivity contribution in [3.05, 3.63) is 36.0 Å². The van der Waals surface area contributed by atoms with Crippen LogP contribution in [-0.4, -0.2) is 135 Å². The van der Waals surface area contributed by atoms with E-state index in [9.17, 15) is 58.2 Å². The number of amides is 9. The number of aromatic nitrogens is 1. The number of carbonyl (C=O) groups excluding carboxylic acids is 9. The average Bonchev–Trinajstić information content (AvgIpc) is 3.71. The molecule has 1 aromatic carbocycles. The highest BCUT2D eigenvalue weighted by molar-refractivity contribution is 5.98. The van der Waals surface area contributed by atoms with Gasteiger partial charge >= 0.3 is 5.97 Å². The molecule has 0 aliphatic heterocycles.